The molecule has 140 valence electrons. The van der Waals surface area contributed by atoms with E-state index in [2.05, 4.69) is 15.0 Å². The van der Waals surface area contributed by atoms with Gasteiger partial charge in [0.25, 0.3) is 0 Å². The maximum absolute atomic E-state index is 11.9. The van der Waals surface area contributed by atoms with Crippen molar-refractivity contribution >= 4 is 28.9 Å². The number of H-pyrrole nitrogens is 2. The number of nitrogens with zero attached hydrogens (tertiary/aromatic N) is 1. The lowest BCUT2D eigenvalue weighted by Crippen LogP contribution is -2.04. The van der Waals surface area contributed by atoms with Crippen molar-refractivity contribution < 1.29 is 13.9 Å². The standard InChI is InChI=1S/C21H17N3O4/c1-2-27-20(25)14-5-3-4-13(10-14)19-9-7-16(28-19)12-22-15-6-8-17-18(11-15)24-21(26)23-17/h3-12H,2H2,1H3,(H2,23,24,26). The van der Waals surface area contributed by atoms with Crippen LogP contribution in [0.1, 0.15) is 23.0 Å². The molecule has 28 heavy (non-hydrogen) atoms. The molecule has 7 nitrogen and oxygen atoms in total. The number of esters is 1. The van der Waals surface area contributed by atoms with Crippen molar-refractivity contribution in [3.8, 4) is 11.3 Å². The maximum Gasteiger partial charge on any atom is 0.338 e. The molecule has 7 heteroatoms. The fraction of sp³-hybridized carbons (Fsp3) is 0.0952. The van der Waals surface area contributed by atoms with Gasteiger partial charge in [-0.15, -0.1) is 0 Å². The quantitative estimate of drug-likeness (QED) is 0.406. The third kappa shape index (κ3) is 3.64. The van der Waals surface area contributed by atoms with Gasteiger partial charge in [-0.05, 0) is 49.4 Å². The van der Waals surface area contributed by atoms with Gasteiger partial charge in [-0.3, -0.25) is 4.99 Å². The van der Waals surface area contributed by atoms with Crippen LogP contribution in [0.4, 0.5) is 5.69 Å². The summed E-state index contributed by atoms with van der Waals surface area (Å²) in [5.41, 5.74) is 3.10. The molecule has 2 aromatic carbocycles. The molecule has 0 saturated carbocycles. The first kappa shape index (κ1) is 17.5. The highest BCUT2D eigenvalue weighted by Gasteiger charge is 2.10. The van der Waals surface area contributed by atoms with Crippen molar-refractivity contribution in [3.05, 3.63) is 76.4 Å². The third-order valence-electron chi connectivity index (χ3n) is 4.13. The summed E-state index contributed by atoms with van der Waals surface area (Å²) in [6.07, 6.45) is 1.60. The van der Waals surface area contributed by atoms with Crippen LogP contribution in [0.15, 0.2) is 68.8 Å². The molecule has 0 aliphatic rings. The summed E-state index contributed by atoms with van der Waals surface area (Å²) in [5.74, 6) is 0.827. The van der Waals surface area contributed by atoms with E-state index in [1.807, 2.05) is 12.1 Å². The molecule has 0 aliphatic heterocycles. The second-order valence-corrected chi connectivity index (χ2v) is 6.07. The summed E-state index contributed by atoms with van der Waals surface area (Å²) in [6, 6.07) is 16.1. The summed E-state index contributed by atoms with van der Waals surface area (Å²) in [6.45, 7) is 2.10. The minimum absolute atomic E-state index is 0.253. The normalized spacial score (nSPS) is 11.3. The highest BCUT2D eigenvalue weighted by atomic mass is 16.5. The minimum atomic E-state index is -0.365. The molecule has 0 unspecified atom stereocenters. The average molecular weight is 375 g/mol. The van der Waals surface area contributed by atoms with Gasteiger partial charge >= 0.3 is 11.7 Å². The van der Waals surface area contributed by atoms with Crippen molar-refractivity contribution in [1.29, 1.82) is 0 Å². The van der Waals surface area contributed by atoms with Crippen LogP contribution < -0.4 is 5.69 Å². The van der Waals surface area contributed by atoms with Gasteiger partial charge in [0.1, 0.15) is 11.5 Å². The summed E-state index contributed by atoms with van der Waals surface area (Å²) < 4.78 is 10.8. The van der Waals surface area contributed by atoms with E-state index in [0.29, 0.717) is 34.9 Å². The SMILES string of the molecule is CCOC(=O)c1cccc(-c2ccc(C=Nc3ccc4[nH]c(=O)[nH]c4c3)o2)c1. The number of aliphatic imine (C=N–C) groups is 1. The number of hydrogen-bond donors (Lipinski definition) is 2. The molecule has 0 aliphatic carbocycles. The zero-order chi connectivity index (χ0) is 19.5. The number of carbonyl (C=O) groups is 1. The van der Waals surface area contributed by atoms with Gasteiger partial charge in [-0.2, -0.15) is 0 Å². The van der Waals surface area contributed by atoms with Gasteiger partial charge < -0.3 is 19.1 Å². The minimum Gasteiger partial charge on any atom is -0.462 e. The van der Waals surface area contributed by atoms with Crippen LogP contribution in [-0.2, 0) is 4.74 Å². The molecule has 0 amide bonds. The van der Waals surface area contributed by atoms with Crippen molar-refractivity contribution in [1.82, 2.24) is 9.97 Å². The zero-order valence-corrected chi connectivity index (χ0v) is 15.1. The first-order chi connectivity index (χ1) is 13.6. The van der Waals surface area contributed by atoms with Crippen molar-refractivity contribution in [3.63, 3.8) is 0 Å². The number of rotatable bonds is 5. The molecule has 0 spiro atoms. The van der Waals surface area contributed by atoms with E-state index in [4.69, 9.17) is 9.15 Å². The van der Waals surface area contributed by atoms with Crippen LogP contribution in [0.3, 0.4) is 0 Å². The molecular weight excluding hydrogens is 358 g/mol. The summed E-state index contributed by atoms with van der Waals surface area (Å²) in [7, 11) is 0. The predicted molar refractivity (Wildman–Crippen MR) is 106 cm³/mol. The second-order valence-electron chi connectivity index (χ2n) is 6.07. The Balaban J connectivity index is 1.55. The van der Waals surface area contributed by atoms with E-state index in [-0.39, 0.29) is 11.7 Å². The Hall–Kier alpha value is -3.87. The lowest BCUT2D eigenvalue weighted by atomic mass is 10.1. The highest BCUT2D eigenvalue weighted by molar-refractivity contribution is 5.91. The smallest absolute Gasteiger partial charge is 0.338 e. The topological polar surface area (TPSA) is 100 Å². The van der Waals surface area contributed by atoms with E-state index in [9.17, 15) is 9.59 Å². The first-order valence-electron chi connectivity index (χ1n) is 8.76. The van der Waals surface area contributed by atoms with Crippen LogP contribution in [0.25, 0.3) is 22.4 Å². The Kier molecular flexibility index (Phi) is 4.63. The van der Waals surface area contributed by atoms with Gasteiger partial charge in [-0.1, -0.05) is 12.1 Å². The van der Waals surface area contributed by atoms with Gasteiger partial charge in [0.2, 0.25) is 0 Å². The van der Waals surface area contributed by atoms with Crippen LogP contribution >= 0.6 is 0 Å². The van der Waals surface area contributed by atoms with Crippen LogP contribution in [-0.4, -0.2) is 28.8 Å². The second kappa shape index (κ2) is 7.40. The Morgan fingerprint density at radius 1 is 1.11 bits per heavy atom. The monoisotopic (exact) mass is 375 g/mol. The molecule has 4 aromatic rings. The largest absolute Gasteiger partial charge is 0.462 e. The molecule has 4 rings (SSSR count). The van der Waals surface area contributed by atoms with Crippen molar-refractivity contribution in [2.24, 2.45) is 4.99 Å². The molecule has 0 bridgehead atoms. The number of aromatic amines is 2. The van der Waals surface area contributed by atoms with Crippen molar-refractivity contribution in [2.75, 3.05) is 6.61 Å². The molecule has 2 N–H and O–H groups in total. The summed E-state index contributed by atoms with van der Waals surface area (Å²) in [4.78, 5) is 33.0. The summed E-state index contributed by atoms with van der Waals surface area (Å²) >= 11 is 0. The number of imidazole rings is 1. The third-order valence-corrected chi connectivity index (χ3v) is 4.13. The van der Waals surface area contributed by atoms with Gasteiger partial charge in [0.05, 0.1) is 35.1 Å². The Morgan fingerprint density at radius 3 is 2.82 bits per heavy atom. The van der Waals surface area contributed by atoms with E-state index < -0.39 is 0 Å². The molecule has 0 fully saturated rings. The molecule has 0 radical (unpaired) electrons. The lowest BCUT2D eigenvalue weighted by molar-refractivity contribution is 0.0526. The average Bonchev–Trinajstić information content (AvgIpc) is 3.32. The highest BCUT2D eigenvalue weighted by Crippen LogP contribution is 2.24. The summed E-state index contributed by atoms with van der Waals surface area (Å²) in [5, 5.41) is 0. The Morgan fingerprint density at radius 2 is 1.96 bits per heavy atom. The van der Waals surface area contributed by atoms with Crippen LogP contribution in [0, 0.1) is 0 Å². The molecule has 0 saturated heterocycles. The Bertz CT molecular complexity index is 1230. The number of furan rings is 1. The van der Waals surface area contributed by atoms with E-state index >= 15 is 0 Å². The number of benzene rings is 2. The number of nitrogens with one attached hydrogen (secondary N) is 2. The number of ether oxygens (including phenoxy) is 1. The first-order valence-corrected chi connectivity index (χ1v) is 8.76. The van der Waals surface area contributed by atoms with Crippen molar-refractivity contribution in [2.45, 2.75) is 6.92 Å². The predicted octanol–water partition coefficient (Wildman–Crippen LogP) is 4.04. The van der Waals surface area contributed by atoms with Gasteiger partial charge in [-0.25, -0.2) is 9.59 Å². The molecule has 2 aromatic heterocycles. The van der Waals surface area contributed by atoms with Crippen LogP contribution in [0.5, 0.6) is 0 Å². The lowest BCUT2D eigenvalue weighted by Gasteiger charge is -2.03. The fourth-order valence-electron chi connectivity index (χ4n) is 2.83. The van der Waals surface area contributed by atoms with E-state index in [0.717, 1.165) is 11.1 Å². The Labute approximate surface area is 159 Å². The number of carbonyl (C=O) groups excluding carboxylic acids is 1. The maximum atomic E-state index is 11.9. The number of hydrogen-bond acceptors (Lipinski definition) is 5. The van der Waals surface area contributed by atoms with E-state index in [1.165, 1.54) is 0 Å². The zero-order valence-electron chi connectivity index (χ0n) is 15.1. The number of fused-ring (bicyclic) bond motifs is 1. The van der Waals surface area contributed by atoms with Gasteiger partial charge in [0, 0.05) is 5.56 Å². The molecular formula is C21H17N3O4. The van der Waals surface area contributed by atoms with Crippen LogP contribution in [0.2, 0.25) is 0 Å². The van der Waals surface area contributed by atoms with E-state index in [1.54, 1.807) is 55.6 Å². The van der Waals surface area contributed by atoms with Gasteiger partial charge in [0.15, 0.2) is 0 Å². The fourth-order valence-corrected chi connectivity index (χ4v) is 2.83. The molecule has 2 heterocycles. The number of aromatic nitrogens is 2. The molecule has 0 atom stereocenters.